The van der Waals surface area contributed by atoms with Crippen LogP contribution in [0.15, 0.2) is 23.1 Å². The van der Waals surface area contributed by atoms with Crippen molar-refractivity contribution in [2.75, 3.05) is 11.1 Å². The molecule has 22 heavy (non-hydrogen) atoms. The molecule has 2 bridgehead atoms. The molecule has 0 radical (unpaired) electrons. The molecule has 2 atom stereocenters. The molecule has 3 rings (SSSR count). The number of hydrogen-bond donors (Lipinski definition) is 2. The summed E-state index contributed by atoms with van der Waals surface area (Å²) in [7, 11) is 0. The summed E-state index contributed by atoms with van der Waals surface area (Å²) in [6.07, 6.45) is 5.44. The number of piperidine rings is 1. The summed E-state index contributed by atoms with van der Waals surface area (Å²) in [5.74, 6) is 1.61. The monoisotopic (exact) mass is 338 g/mol. The van der Waals surface area contributed by atoms with Crippen molar-refractivity contribution in [2.24, 2.45) is 5.92 Å². The third-order valence-corrected chi connectivity index (χ3v) is 5.75. The Labute approximate surface area is 141 Å². The van der Waals surface area contributed by atoms with Crippen molar-refractivity contribution >= 4 is 35.0 Å². The summed E-state index contributed by atoms with van der Waals surface area (Å²) in [6.45, 7) is 2.11. The van der Waals surface area contributed by atoms with Crippen molar-refractivity contribution in [3.8, 4) is 0 Å². The molecule has 2 aliphatic heterocycles. The molecule has 2 N–H and O–H groups in total. The number of hydrogen-bond acceptors (Lipinski definition) is 3. The molecule has 0 aromatic heterocycles. The van der Waals surface area contributed by atoms with Crippen LogP contribution in [-0.4, -0.2) is 23.7 Å². The van der Waals surface area contributed by atoms with Gasteiger partial charge in [-0.1, -0.05) is 18.5 Å². The fraction of sp³-hybridized carbons (Fsp3) is 0.588. The second kappa shape index (κ2) is 7.24. The van der Waals surface area contributed by atoms with Crippen LogP contribution in [0.2, 0.25) is 5.02 Å². The van der Waals surface area contributed by atoms with Gasteiger partial charge in [0.1, 0.15) is 0 Å². The van der Waals surface area contributed by atoms with Crippen molar-refractivity contribution in [3.63, 3.8) is 0 Å². The Morgan fingerprint density at radius 1 is 1.36 bits per heavy atom. The van der Waals surface area contributed by atoms with Gasteiger partial charge < -0.3 is 10.6 Å². The molecule has 2 unspecified atom stereocenters. The lowest BCUT2D eigenvalue weighted by molar-refractivity contribution is -0.117. The number of carbonyl (C=O) groups is 1. The summed E-state index contributed by atoms with van der Waals surface area (Å²) in [4.78, 5) is 13.5. The van der Waals surface area contributed by atoms with Crippen molar-refractivity contribution in [1.82, 2.24) is 5.32 Å². The number of halogens is 1. The number of fused-ring (bicyclic) bond motifs is 2. The molecule has 1 aromatic carbocycles. The van der Waals surface area contributed by atoms with E-state index in [1.807, 2.05) is 18.2 Å². The Morgan fingerprint density at radius 3 is 2.77 bits per heavy atom. The SMILES string of the molecule is CCSc1ccc(Cl)cc1NC(=O)CC1CC2CCC(C1)N2. The van der Waals surface area contributed by atoms with Crippen LogP contribution in [0.5, 0.6) is 0 Å². The minimum Gasteiger partial charge on any atom is -0.325 e. The van der Waals surface area contributed by atoms with E-state index >= 15 is 0 Å². The van der Waals surface area contributed by atoms with Gasteiger partial charge in [0.25, 0.3) is 0 Å². The van der Waals surface area contributed by atoms with Crippen molar-refractivity contribution < 1.29 is 4.79 Å². The highest BCUT2D eigenvalue weighted by Gasteiger charge is 2.34. The number of benzene rings is 1. The summed E-state index contributed by atoms with van der Waals surface area (Å²) >= 11 is 7.80. The Hall–Kier alpha value is -0.710. The summed E-state index contributed by atoms with van der Waals surface area (Å²) in [5.41, 5.74) is 0.848. The zero-order valence-corrected chi connectivity index (χ0v) is 14.5. The normalized spacial score (nSPS) is 26.9. The van der Waals surface area contributed by atoms with Gasteiger partial charge in [-0.05, 0) is 55.6 Å². The van der Waals surface area contributed by atoms with Crippen LogP contribution < -0.4 is 10.6 Å². The maximum atomic E-state index is 12.4. The van der Waals surface area contributed by atoms with Gasteiger partial charge >= 0.3 is 0 Å². The highest BCUT2D eigenvalue weighted by molar-refractivity contribution is 7.99. The third kappa shape index (κ3) is 3.98. The zero-order chi connectivity index (χ0) is 15.5. The maximum absolute atomic E-state index is 12.4. The Balaban J connectivity index is 1.60. The second-order valence-corrected chi connectivity index (χ2v) is 8.04. The smallest absolute Gasteiger partial charge is 0.224 e. The molecule has 2 fully saturated rings. The van der Waals surface area contributed by atoms with Crippen LogP contribution in [-0.2, 0) is 4.79 Å². The molecule has 5 heteroatoms. The van der Waals surface area contributed by atoms with Crippen molar-refractivity contribution in [1.29, 1.82) is 0 Å². The van der Waals surface area contributed by atoms with Gasteiger partial charge in [-0.25, -0.2) is 0 Å². The average Bonchev–Trinajstić information content (AvgIpc) is 2.81. The molecule has 120 valence electrons. The van der Waals surface area contributed by atoms with Gasteiger partial charge in [0.2, 0.25) is 5.91 Å². The highest BCUT2D eigenvalue weighted by atomic mass is 35.5. The number of thioether (sulfide) groups is 1. The van der Waals surface area contributed by atoms with Gasteiger partial charge in [0, 0.05) is 28.4 Å². The molecule has 2 aliphatic rings. The van der Waals surface area contributed by atoms with E-state index in [2.05, 4.69) is 17.6 Å². The molecule has 2 heterocycles. The minimum atomic E-state index is 0.117. The lowest BCUT2D eigenvalue weighted by Gasteiger charge is -2.28. The van der Waals surface area contributed by atoms with E-state index in [0.29, 0.717) is 29.4 Å². The first-order chi connectivity index (χ1) is 10.6. The van der Waals surface area contributed by atoms with Gasteiger partial charge in [0.05, 0.1) is 5.69 Å². The van der Waals surface area contributed by atoms with Crippen LogP contribution in [0, 0.1) is 5.92 Å². The van der Waals surface area contributed by atoms with Gasteiger partial charge in [-0.15, -0.1) is 11.8 Å². The number of carbonyl (C=O) groups excluding carboxylic acids is 1. The molecule has 1 amide bonds. The Kier molecular flexibility index (Phi) is 5.32. The first-order valence-electron chi connectivity index (χ1n) is 8.12. The number of anilines is 1. The lowest BCUT2D eigenvalue weighted by Crippen LogP contribution is -2.39. The molecule has 1 aromatic rings. The van der Waals surface area contributed by atoms with Crippen LogP contribution in [0.1, 0.15) is 39.0 Å². The van der Waals surface area contributed by atoms with E-state index in [-0.39, 0.29) is 5.91 Å². The molecule has 3 nitrogen and oxygen atoms in total. The molecular weight excluding hydrogens is 316 g/mol. The standard InChI is InChI=1S/C17H23ClN2OS/c1-2-22-16-6-3-12(18)10-15(16)20-17(21)9-11-7-13-4-5-14(8-11)19-13/h3,6,10-11,13-14,19H,2,4-5,7-9H2,1H3,(H,20,21). The van der Waals surface area contributed by atoms with Crippen LogP contribution in [0.4, 0.5) is 5.69 Å². The molecule has 2 saturated heterocycles. The second-order valence-electron chi connectivity index (χ2n) is 6.30. The first kappa shape index (κ1) is 16.2. The van der Waals surface area contributed by atoms with E-state index in [4.69, 9.17) is 11.6 Å². The molecular formula is C17H23ClN2OS. The van der Waals surface area contributed by atoms with Crippen LogP contribution in [0.3, 0.4) is 0 Å². The topological polar surface area (TPSA) is 41.1 Å². The molecule has 0 aliphatic carbocycles. The maximum Gasteiger partial charge on any atom is 0.224 e. The Bertz CT molecular complexity index is 539. The third-order valence-electron chi connectivity index (χ3n) is 4.56. The average molecular weight is 339 g/mol. The van der Waals surface area contributed by atoms with E-state index in [1.54, 1.807) is 11.8 Å². The highest BCUT2D eigenvalue weighted by Crippen LogP contribution is 2.34. The largest absolute Gasteiger partial charge is 0.325 e. The predicted molar refractivity (Wildman–Crippen MR) is 93.8 cm³/mol. The van der Waals surface area contributed by atoms with E-state index in [0.717, 1.165) is 29.2 Å². The number of amides is 1. The lowest BCUT2D eigenvalue weighted by atomic mass is 9.89. The predicted octanol–water partition coefficient (Wildman–Crippen LogP) is 4.31. The quantitative estimate of drug-likeness (QED) is 0.786. The number of rotatable bonds is 5. The van der Waals surface area contributed by atoms with E-state index in [1.165, 1.54) is 12.8 Å². The van der Waals surface area contributed by atoms with Crippen LogP contribution in [0.25, 0.3) is 0 Å². The fourth-order valence-electron chi connectivity index (χ4n) is 3.69. The van der Waals surface area contributed by atoms with Crippen LogP contribution >= 0.6 is 23.4 Å². The van der Waals surface area contributed by atoms with E-state index < -0.39 is 0 Å². The van der Waals surface area contributed by atoms with E-state index in [9.17, 15) is 4.79 Å². The zero-order valence-electron chi connectivity index (χ0n) is 12.9. The molecule has 0 spiro atoms. The van der Waals surface area contributed by atoms with Crippen molar-refractivity contribution in [3.05, 3.63) is 23.2 Å². The molecule has 0 saturated carbocycles. The van der Waals surface area contributed by atoms with Gasteiger partial charge in [0.15, 0.2) is 0 Å². The fourth-order valence-corrected chi connectivity index (χ4v) is 4.60. The first-order valence-corrected chi connectivity index (χ1v) is 9.48. The number of nitrogens with one attached hydrogen (secondary N) is 2. The summed E-state index contributed by atoms with van der Waals surface area (Å²) < 4.78 is 0. The van der Waals surface area contributed by atoms with Crippen molar-refractivity contribution in [2.45, 2.75) is 56.0 Å². The Morgan fingerprint density at radius 2 is 2.09 bits per heavy atom. The van der Waals surface area contributed by atoms with Gasteiger partial charge in [-0.3, -0.25) is 4.79 Å². The summed E-state index contributed by atoms with van der Waals surface area (Å²) in [5, 5.41) is 7.36. The summed E-state index contributed by atoms with van der Waals surface area (Å²) in [6, 6.07) is 6.98. The van der Waals surface area contributed by atoms with Gasteiger partial charge in [-0.2, -0.15) is 0 Å². The minimum absolute atomic E-state index is 0.117.